The zero-order valence-electron chi connectivity index (χ0n) is 8.72. The molecule has 3 rings (SSSR count). The van der Waals surface area contributed by atoms with E-state index in [2.05, 4.69) is 10.6 Å². The topological polar surface area (TPSA) is 33.3 Å². The molecule has 0 aromatic carbocycles. The first-order valence-corrected chi connectivity index (χ1v) is 6.02. The van der Waals surface area contributed by atoms with E-state index in [1.54, 1.807) is 0 Å². The van der Waals surface area contributed by atoms with Crippen molar-refractivity contribution in [3.63, 3.8) is 0 Å². The van der Waals surface area contributed by atoms with Crippen molar-refractivity contribution in [1.29, 1.82) is 0 Å². The lowest BCUT2D eigenvalue weighted by atomic mass is 9.97. The number of nitrogens with one attached hydrogen (secondary N) is 2. The van der Waals surface area contributed by atoms with E-state index in [1.165, 1.54) is 19.3 Å². The van der Waals surface area contributed by atoms with Gasteiger partial charge < -0.3 is 10.1 Å². The molecule has 3 heteroatoms. The maximum atomic E-state index is 6.29. The molecular weight excluding hydrogens is 176 g/mol. The summed E-state index contributed by atoms with van der Waals surface area (Å²) in [6, 6.07) is 0. The predicted octanol–water partition coefficient (Wildman–Crippen LogP) is 0.855. The lowest BCUT2D eigenvalue weighted by Crippen LogP contribution is -2.59. The Morgan fingerprint density at radius 1 is 1.00 bits per heavy atom. The van der Waals surface area contributed by atoms with Crippen molar-refractivity contribution in [2.45, 2.75) is 43.9 Å². The summed E-state index contributed by atoms with van der Waals surface area (Å²) in [6.07, 6.45) is 6.86. The molecular formula is C11H20N2O. The van der Waals surface area contributed by atoms with Crippen LogP contribution in [-0.4, -0.2) is 31.5 Å². The monoisotopic (exact) mass is 196 g/mol. The maximum absolute atomic E-state index is 6.29. The van der Waals surface area contributed by atoms with Gasteiger partial charge in [-0.3, -0.25) is 5.32 Å². The highest BCUT2D eigenvalue weighted by Crippen LogP contribution is 2.40. The van der Waals surface area contributed by atoms with Crippen LogP contribution in [0.2, 0.25) is 0 Å². The molecule has 1 atom stereocenters. The fourth-order valence-corrected chi connectivity index (χ4v) is 2.76. The number of hydrogen-bond donors (Lipinski definition) is 2. The van der Waals surface area contributed by atoms with Gasteiger partial charge in [-0.15, -0.1) is 0 Å². The van der Waals surface area contributed by atoms with Crippen molar-refractivity contribution < 1.29 is 4.74 Å². The number of rotatable bonds is 1. The Labute approximate surface area is 85.6 Å². The molecule has 2 heterocycles. The van der Waals surface area contributed by atoms with Crippen molar-refractivity contribution in [3.05, 3.63) is 0 Å². The highest BCUT2D eigenvalue weighted by Gasteiger charge is 2.43. The van der Waals surface area contributed by atoms with Crippen molar-refractivity contribution in [2.24, 2.45) is 5.92 Å². The standard InChI is InChI=1S/C11H20N2O/c1-2-9(1)10-3-6-13-11(14-10)4-7-12-8-5-11/h9-10,12-13H,1-8H2. The lowest BCUT2D eigenvalue weighted by Gasteiger charge is -2.45. The van der Waals surface area contributed by atoms with Crippen molar-refractivity contribution >= 4 is 0 Å². The highest BCUT2D eigenvalue weighted by atomic mass is 16.5. The molecule has 2 aliphatic heterocycles. The molecule has 1 unspecified atom stereocenters. The summed E-state index contributed by atoms with van der Waals surface area (Å²) in [4.78, 5) is 0. The lowest BCUT2D eigenvalue weighted by molar-refractivity contribution is -0.162. The summed E-state index contributed by atoms with van der Waals surface area (Å²) < 4.78 is 6.29. The van der Waals surface area contributed by atoms with Crippen LogP contribution >= 0.6 is 0 Å². The largest absolute Gasteiger partial charge is 0.357 e. The summed E-state index contributed by atoms with van der Waals surface area (Å²) >= 11 is 0. The molecule has 2 N–H and O–H groups in total. The summed E-state index contributed by atoms with van der Waals surface area (Å²) in [5, 5.41) is 6.98. The van der Waals surface area contributed by atoms with E-state index in [0.29, 0.717) is 6.10 Å². The fraction of sp³-hybridized carbons (Fsp3) is 1.00. The molecule has 1 spiro atoms. The number of ether oxygens (including phenoxy) is 1. The molecule has 0 aromatic rings. The van der Waals surface area contributed by atoms with Crippen molar-refractivity contribution in [1.82, 2.24) is 10.6 Å². The fourth-order valence-electron chi connectivity index (χ4n) is 2.76. The van der Waals surface area contributed by atoms with E-state index in [1.807, 2.05) is 0 Å². The van der Waals surface area contributed by atoms with E-state index in [9.17, 15) is 0 Å². The van der Waals surface area contributed by atoms with Gasteiger partial charge in [0.25, 0.3) is 0 Å². The van der Waals surface area contributed by atoms with Gasteiger partial charge in [0.1, 0.15) is 5.72 Å². The van der Waals surface area contributed by atoms with E-state index < -0.39 is 0 Å². The average Bonchev–Trinajstić information content (AvgIpc) is 3.02. The third-order valence-electron chi connectivity index (χ3n) is 3.81. The van der Waals surface area contributed by atoms with E-state index >= 15 is 0 Å². The zero-order valence-corrected chi connectivity index (χ0v) is 8.72. The molecule has 80 valence electrons. The van der Waals surface area contributed by atoms with Gasteiger partial charge in [-0.2, -0.15) is 0 Å². The van der Waals surface area contributed by atoms with Gasteiger partial charge in [0.15, 0.2) is 0 Å². The van der Waals surface area contributed by atoms with Crippen LogP contribution in [0.25, 0.3) is 0 Å². The summed E-state index contributed by atoms with van der Waals surface area (Å²) in [7, 11) is 0. The van der Waals surface area contributed by atoms with Crippen LogP contribution in [0.1, 0.15) is 32.1 Å². The molecule has 0 aromatic heterocycles. The molecule has 3 aliphatic rings. The Bertz CT molecular complexity index is 204. The normalized spacial score (nSPS) is 37.3. The Morgan fingerprint density at radius 3 is 2.50 bits per heavy atom. The summed E-state index contributed by atoms with van der Waals surface area (Å²) in [5.41, 5.74) is 0.0384. The Kier molecular flexibility index (Phi) is 2.26. The zero-order chi connectivity index (χ0) is 9.43. The molecule has 0 radical (unpaired) electrons. The third kappa shape index (κ3) is 1.69. The molecule has 0 amide bonds. The second kappa shape index (κ2) is 3.47. The summed E-state index contributed by atoms with van der Waals surface area (Å²) in [5.74, 6) is 0.892. The molecule has 14 heavy (non-hydrogen) atoms. The molecule has 3 nitrogen and oxygen atoms in total. The smallest absolute Gasteiger partial charge is 0.122 e. The summed E-state index contributed by atoms with van der Waals surface area (Å²) in [6.45, 7) is 3.36. The van der Waals surface area contributed by atoms with Gasteiger partial charge in [0.2, 0.25) is 0 Å². The quantitative estimate of drug-likeness (QED) is 0.652. The van der Waals surface area contributed by atoms with Crippen LogP contribution in [0.5, 0.6) is 0 Å². The Hall–Kier alpha value is -0.120. The van der Waals surface area contributed by atoms with Crippen LogP contribution < -0.4 is 10.6 Å². The minimum atomic E-state index is 0.0384. The predicted molar refractivity (Wildman–Crippen MR) is 55.1 cm³/mol. The van der Waals surface area contributed by atoms with Gasteiger partial charge >= 0.3 is 0 Å². The molecule has 2 saturated heterocycles. The SMILES string of the molecule is C1CC2(CCN1)NCCC(C1CC1)O2. The van der Waals surface area contributed by atoms with Gasteiger partial charge in [0.05, 0.1) is 6.10 Å². The van der Waals surface area contributed by atoms with Gasteiger partial charge in [-0.05, 0) is 38.3 Å². The van der Waals surface area contributed by atoms with Gasteiger partial charge in [-0.25, -0.2) is 0 Å². The third-order valence-corrected chi connectivity index (χ3v) is 3.81. The van der Waals surface area contributed by atoms with Gasteiger partial charge in [0, 0.05) is 19.4 Å². The van der Waals surface area contributed by atoms with Crippen LogP contribution in [0, 0.1) is 5.92 Å². The minimum absolute atomic E-state index is 0.0384. The van der Waals surface area contributed by atoms with Crippen molar-refractivity contribution in [2.75, 3.05) is 19.6 Å². The second-order valence-electron chi connectivity index (χ2n) is 4.95. The van der Waals surface area contributed by atoms with E-state index in [0.717, 1.165) is 38.4 Å². The minimum Gasteiger partial charge on any atom is -0.357 e. The molecule has 1 saturated carbocycles. The van der Waals surface area contributed by atoms with E-state index in [-0.39, 0.29) is 5.72 Å². The van der Waals surface area contributed by atoms with Crippen LogP contribution in [0.15, 0.2) is 0 Å². The Balaban J connectivity index is 1.66. The maximum Gasteiger partial charge on any atom is 0.122 e. The first-order chi connectivity index (χ1) is 6.88. The van der Waals surface area contributed by atoms with Crippen LogP contribution in [-0.2, 0) is 4.74 Å². The average molecular weight is 196 g/mol. The second-order valence-corrected chi connectivity index (χ2v) is 4.95. The van der Waals surface area contributed by atoms with Crippen LogP contribution in [0.3, 0.4) is 0 Å². The first kappa shape index (κ1) is 9.13. The van der Waals surface area contributed by atoms with Crippen molar-refractivity contribution in [3.8, 4) is 0 Å². The first-order valence-electron chi connectivity index (χ1n) is 6.02. The molecule has 0 bridgehead atoms. The highest BCUT2D eigenvalue weighted by molar-refractivity contribution is 4.93. The molecule has 3 fully saturated rings. The van der Waals surface area contributed by atoms with Gasteiger partial charge in [-0.1, -0.05) is 0 Å². The number of piperidine rings is 1. The van der Waals surface area contributed by atoms with E-state index in [4.69, 9.17) is 4.74 Å². The van der Waals surface area contributed by atoms with Crippen LogP contribution in [0.4, 0.5) is 0 Å². The molecule has 1 aliphatic carbocycles. The Morgan fingerprint density at radius 2 is 1.79 bits per heavy atom. The number of hydrogen-bond acceptors (Lipinski definition) is 3.